The highest BCUT2D eigenvalue weighted by Crippen LogP contribution is 2.39. The maximum atomic E-state index is 13.6. The fourth-order valence-electron chi connectivity index (χ4n) is 4.57. The van der Waals surface area contributed by atoms with E-state index in [0.717, 1.165) is 19.3 Å². The monoisotopic (exact) mass is 480 g/mol. The summed E-state index contributed by atoms with van der Waals surface area (Å²) >= 11 is 1.24. The molecule has 4 unspecified atom stereocenters. The number of carbonyl (C=O) groups is 1. The predicted octanol–water partition coefficient (Wildman–Crippen LogP) is 5.42. The van der Waals surface area contributed by atoms with E-state index in [-0.39, 0.29) is 23.2 Å². The molecule has 1 saturated carbocycles. The molecule has 34 heavy (non-hydrogen) atoms. The third-order valence-electron chi connectivity index (χ3n) is 6.75. The van der Waals surface area contributed by atoms with Crippen LogP contribution < -0.4 is 10.9 Å². The van der Waals surface area contributed by atoms with Crippen LogP contribution in [0.4, 0.5) is 11.4 Å². The highest BCUT2D eigenvalue weighted by atomic mass is 32.2. The molecule has 9 heteroatoms. The standard InChI is InChI=1S/C25H28N4O4S/c1-15-8-6-13-22(16(15)2)28-24(31)20-11-4-5-12-21(20)27-25(28)34-17(3)23(30)26-18-9-7-10-19(14-18)29(32)33/h4-5,7,9-12,14-17,22H,6,8,13H2,1-3H3,(H,26,30). The second-order valence-electron chi connectivity index (χ2n) is 8.98. The van der Waals surface area contributed by atoms with E-state index in [4.69, 9.17) is 4.98 Å². The molecule has 8 nitrogen and oxygen atoms in total. The Kier molecular flexibility index (Phi) is 7.02. The number of non-ortho nitro benzene ring substituents is 1. The minimum absolute atomic E-state index is 0.0166. The Morgan fingerprint density at radius 3 is 2.74 bits per heavy atom. The number of amides is 1. The van der Waals surface area contributed by atoms with Crippen molar-refractivity contribution in [3.63, 3.8) is 0 Å². The van der Waals surface area contributed by atoms with E-state index in [2.05, 4.69) is 19.2 Å². The lowest BCUT2D eigenvalue weighted by molar-refractivity contribution is -0.384. The summed E-state index contributed by atoms with van der Waals surface area (Å²) in [5, 5.41) is 14.3. The maximum Gasteiger partial charge on any atom is 0.271 e. The Morgan fingerprint density at radius 1 is 1.21 bits per heavy atom. The third kappa shape index (κ3) is 4.84. The van der Waals surface area contributed by atoms with E-state index in [1.807, 2.05) is 18.2 Å². The Labute approximate surface area is 201 Å². The zero-order valence-corrected chi connectivity index (χ0v) is 20.2. The molecule has 4 rings (SSSR count). The van der Waals surface area contributed by atoms with Gasteiger partial charge in [0.15, 0.2) is 5.16 Å². The van der Waals surface area contributed by atoms with Crippen molar-refractivity contribution >= 4 is 39.9 Å². The zero-order chi connectivity index (χ0) is 24.4. The minimum Gasteiger partial charge on any atom is -0.325 e. The first kappa shape index (κ1) is 23.9. The van der Waals surface area contributed by atoms with E-state index in [0.29, 0.717) is 33.6 Å². The van der Waals surface area contributed by atoms with Crippen LogP contribution in [-0.4, -0.2) is 25.6 Å². The van der Waals surface area contributed by atoms with Crippen LogP contribution in [0.25, 0.3) is 10.9 Å². The molecule has 1 aliphatic carbocycles. The third-order valence-corrected chi connectivity index (χ3v) is 7.81. The van der Waals surface area contributed by atoms with Gasteiger partial charge in [-0.1, -0.05) is 56.7 Å². The number of hydrogen-bond donors (Lipinski definition) is 1. The molecule has 1 N–H and O–H groups in total. The number of nitro groups is 1. The van der Waals surface area contributed by atoms with Gasteiger partial charge >= 0.3 is 0 Å². The van der Waals surface area contributed by atoms with Crippen molar-refractivity contribution in [1.29, 1.82) is 0 Å². The summed E-state index contributed by atoms with van der Waals surface area (Å²) in [5.41, 5.74) is 0.785. The molecular weight excluding hydrogens is 452 g/mol. The van der Waals surface area contributed by atoms with Gasteiger partial charge in [0, 0.05) is 23.9 Å². The lowest BCUT2D eigenvalue weighted by Gasteiger charge is -2.36. The van der Waals surface area contributed by atoms with Crippen LogP contribution >= 0.6 is 11.8 Å². The van der Waals surface area contributed by atoms with Gasteiger partial charge < -0.3 is 5.32 Å². The van der Waals surface area contributed by atoms with E-state index in [1.165, 1.54) is 30.0 Å². The molecule has 2 aromatic carbocycles. The molecule has 0 aliphatic heterocycles. The number of hydrogen-bond acceptors (Lipinski definition) is 6. The number of fused-ring (bicyclic) bond motifs is 1. The molecule has 1 heterocycles. The Bertz CT molecular complexity index is 1290. The van der Waals surface area contributed by atoms with Crippen LogP contribution in [0.1, 0.15) is 46.1 Å². The van der Waals surface area contributed by atoms with Gasteiger partial charge in [-0.05, 0) is 43.4 Å². The van der Waals surface area contributed by atoms with Crippen molar-refractivity contribution in [2.75, 3.05) is 5.32 Å². The summed E-state index contributed by atoms with van der Waals surface area (Å²) in [5.74, 6) is 0.483. The van der Waals surface area contributed by atoms with Crippen molar-refractivity contribution in [2.24, 2.45) is 11.8 Å². The van der Waals surface area contributed by atoms with Crippen molar-refractivity contribution in [2.45, 2.75) is 56.5 Å². The van der Waals surface area contributed by atoms with Crippen molar-refractivity contribution in [1.82, 2.24) is 9.55 Å². The molecule has 178 valence electrons. The van der Waals surface area contributed by atoms with Crippen LogP contribution in [0, 0.1) is 22.0 Å². The number of nitro benzene ring substituents is 1. The normalized spacial score (nSPS) is 21.2. The quantitative estimate of drug-likeness (QED) is 0.218. The van der Waals surface area contributed by atoms with Crippen LogP contribution in [-0.2, 0) is 4.79 Å². The summed E-state index contributed by atoms with van der Waals surface area (Å²) in [6.07, 6.45) is 3.08. The van der Waals surface area contributed by atoms with Gasteiger partial charge in [0.05, 0.1) is 21.1 Å². The van der Waals surface area contributed by atoms with Crippen LogP contribution in [0.15, 0.2) is 58.5 Å². The number of thioether (sulfide) groups is 1. The molecule has 1 aromatic heterocycles. The highest BCUT2D eigenvalue weighted by Gasteiger charge is 2.32. The molecule has 4 atom stereocenters. The molecule has 0 radical (unpaired) electrons. The number of nitrogens with one attached hydrogen (secondary N) is 1. The summed E-state index contributed by atoms with van der Waals surface area (Å²) in [4.78, 5) is 41.9. The second-order valence-corrected chi connectivity index (χ2v) is 10.3. The molecular formula is C25H28N4O4S. The average Bonchev–Trinajstić information content (AvgIpc) is 2.82. The molecule has 3 aromatic rings. The van der Waals surface area contributed by atoms with Crippen LogP contribution in [0.5, 0.6) is 0 Å². The van der Waals surface area contributed by atoms with Gasteiger partial charge in [-0.25, -0.2) is 4.98 Å². The van der Waals surface area contributed by atoms with Gasteiger partial charge in [-0.3, -0.25) is 24.3 Å². The maximum absolute atomic E-state index is 13.6. The average molecular weight is 481 g/mol. The van der Waals surface area contributed by atoms with E-state index >= 15 is 0 Å². The Balaban J connectivity index is 1.66. The predicted molar refractivity (Wildman–Crippen MR) is 134 cm³/mol. The topological polar surface area (TPSA) is 107 Å². The summed E-state index contributed by atoms with van der Waals surface area (Å²) in [6, 6.07) is 13.1. The van der Waals surface area contributed by atoms with Crippen molar-refractivity contribution < 1.29 is 9.72 Å². The van der Waals surface area contributed by atoms with E-state index in [9.17, 15) is 19.7 Å². The number of anilines is 1. The fraction of sp³-hybridized carbons (Fsp3) is 0.400. The number of para-hydroxylation sites is 1. The van der Waals surface area contributed by atoms with Crippen LogP contribution in [0.2, 0.25) is 0 Å². The number of aromatic nitrogens is 2. The Hall–Kier alpha value is -3.20. The second kappa shape index (κ2) is 9.97. The van der Waals surface area contributed by atoms with Crippen molar-refractivity contribution in [3.05, 3.63) is 69.0 Å². The van der Waals surface area contributed by atoms with Gasteiger partial charge in [0.25, 0.3) is 11.2 Å². The SMILES string of the molecule is CC(Sc1nc2ccccc2c(=O)n1C1CCCC(C)C1C)C(=O)Nc1cccc([N+](=O)[O-])c1. The number of carbonyl (C=O) groups excluding carboxylic acids is 1. The van der Waals surface area contributed by atoms with Gasteiger partial charge in [0.1, 0.15) is 0 Å². The number of nitrogens with zero attached hydrogens (tertiary/aromatic N) is 3. The largest absolute Gasteiger partial charge is 0.325 e. The first-order valence-electron chi connectivity index (χ1n) is 11.5. The van der Waals surface area contributed by atoms with Gasteiger partial charge in [-0.15, -0.1) is 0 Å². The first-order chi connectivity index (χ1) is 16.3. The first-order valence-corrected chi connectivity index (χ1v) is 12.4. The van der Waals surface area contributed by atoms with Crippen LogP contribution in [0.3, 0.4) is 0 Å². The van der Waals surface area contributed by atoms with Gasteiger partial charge in [-0.2, -0.15) is 0 Å². The van der Waals surface area contributed by atoms with E-state index in [1.54, 1.807) is 23.6 Å². The number of rotatable bonds is 6. The summed E-state index contributed by atoms with van der Waals surface area (Å²) in [7, 11) is 0. The van der Waals surface area contributed by atoms with Crippen molar-refractivity contribution in [3.8, 4) is 0 Å². The lowest BCUT2D eigenvalue weighted by atomic mass is 9.78. The molecule has 1 aliphatic rings. The zero-order valence-electron chi connectivity index (χ0n) is 19.4. The smallest absolute Gasteiger partial charge is 0.271 e. The molecule has 1 amide bonds. The molecule has 1 fully saturated rings. The minimum atomic E-state index is -0.574. The lowest BCUT2D eigenvalue weighted by Crippen LogP contribution is -2.36. The molecule has 0 saturated heterocycles. The van der Waals surface area contributed by atoms with E-state index < -0.39 is 10.2 Å². The summed E-state index contributed by atoms with van der Waals surface area (Å²) in [6.45, 7) is 6.15. The Morgan fingerprint density at radius 2 is 1.97 bits per heavy atom. The molecule has 0 spiro atoms. The highest BCUT2D eigenvalue weighted by molar-refractivity contribution is 8.00. The van der Waals surface area contributed by atoms with Gasteiger partial charge in [0.2, 0.25) is 5.91 Å². The number of benzene rings is 2. The molecule has 0 bridgehead atoms. The fourth-order valence-corrected chi connectivity index (χ4v) is 5.54. The summed E-state index contributed by atoms with van der Waals surface area (Å²) < 4.78 is 1.80.